The zero-order valence-corrected chi connectivity index (χ0v) is 12.5. The standard InChI is InChI=1S/C22H19/c1-2-18-15-21(13-11-19-7-3-4-8-19)17-22(16-18)14-12-20-9-5-6-10-20/h2-17,19H,1H2/q-1. The van der Waals surface area contributed by atoms with Gasteiger partial charge in [0.1, 0.15) is 0 Å². The van der Waals surface area contributed by atoms with E-state index in [-0.39, 0.29) is 0 Å². The van der Waals surface area contributed by atoms with E-state index in [1.807, 2.05) is 6.08 Å². The van der Waals surface area contributed by atoms with Crippen LogP contribution in [0.2, 0.25) is 0 Å². The molecule has 0 saturated carbocycles. The highest BCUT2D eigenvalue weighted by atomic mass is 14.0. The van der Waals surface area contributed by atoms with Gasteiger partial charge in [-0.25, -0.2) is 0 Å². The van der Waals surface area contributed by atoms with E-state index < -0.39 is 0 Å². The summed E-state index contributed by atoms with van der Waals surface area (Å²) in [5.41, 5.74) is 4.76. The van der Waals surface area contributed by atoms with E-state index in [1.165, 1.54) is 16.7 Å². The molecule has 1 aliphatic rings. The van der Waals surface area contributed by atoms with Crippen LogP contribution >= 0.6 is 0 Å². The van der Waals surface area contributed by atoms with Crippen LogP contribution in [0.15, 0.2) is 79.4 Å². The Bertz CT molecular complexity index is 737. The lowest BCUT2D eigenvalue weighted by Gasteiger charge is -2.04. The van der Waals surface area contributed by atoms with Crippen molar-refractivity contribution in [2.45, 2.75) is 0 Å². The molecule has 0 aromatic heterocycles. The molecule has 0 unspecified atom stereocenters. The Hall–Kier alpha value is -2.73. The summed E-state index contributed by atoms with van der Waals surface area (Å²) in [6, 6.07) is 14.8. The van der Waals surface area contributed by atoms with Crippen LogP contribution in [0.5, 0.6) is 0 Å². The number of hydrogen-bond acceptors (Lipinski definition) is 0. The first-order valence-electron chi connectivity index (χ1n) is 7.54. The first-order valence-corrected chi connectivity index (χ1v) is 7.54. The molecule has 1 aliphatic carbocycles. The van der Waals surface area contributed by atoms with Crippen molar-refractivity contribution in [2.75, 3.05) is 0 Å². The quantitative estimate of drug-likeness (QED) is 0.593. The van der Waals surface area contributed by atoms with Crippen LogP contribution in [0.3, 0.4) is 0 Å². The maximum Gasteiger partial charge on any atom is 0.0136 e. The highest BCUT2D eigenvalue weighted by molar-refractivity contribution is 5.73. The molecular weight excluding hydrogens is 264 g/mol. The fraction of sp³-hybridized carbons (Fsp3) is 0.0455. The Kier molecular flexibility index (Phi) is 4.41. The number of allylic oxidation sites excluding steroid dienone is 5. The Morgan fingerprint density at radius 2 is 1.50 bits per heavy atom. The number of hydrogen-bond donors (Lipinski definition) is 0. The van der Waals surface area contributed by atoms with E-state index in [0.29, 0.717) is 5.92 Å². The third kappa shape index (κ3) is 3.67. The predicted molar refractivity (Wildman–Crippen MR) is 98.3 cm³/mol. The smallest absolute Gasteiger partial charge is 0.0136 e. The summed E-state index contributed by atoms with van der Waals surface area (Å²) in [6.07, 6.45) is 19.1. The van der Waals surface area contributed by atoms with Crippen LogP contribution in [0.4, 0.5) is 0 Å². The van der Waals surface area contributed by atoms with Gasteiger partial charge in [-0.15, -0.1) is 29.8 Å². The van der Waals surface area contributed by atoms with Gasteiger partial charge in [0.05, 0.1) is 0 Å². The van der Waals surface area contributed by atoms with Crippen molar-refractivity contribution < 1.29 is 0 Å². The van der Waals surface area contributed by atoms with E-state index in [0.717, 1.165) is 5.56 Å². The molecule has 0 radical (unpaired) electrons. The molecule has 0 amide bonds. The molecular formula is C22H19-. The molecule has 0 nitrogen and oxygen atoms in total. The summed E-state index contributed by atoms with van der Waals surface area (Å²) in [5, 5.41) is 0. The van der Waals surface area contributed by atoms with E-state index in [2.05, 4.69) is 97.7 Å². The van der Waals surface area contributed by atoms with E-state index in [4.69, 9.17) is 0 Å². The molecule has 2 aromatic carbocycles. The fourth-order valence-electron chi connectivity index (χ4n) is 2.50. The first-order chi connectivity index (χ1) is 10.8. The zero-order valence-electron chi connectivity index (χ0n) is 12.5. The highest BCUT2D eigenvalue weighted by Gasteiger charge is 1.98. The number of benzene rings is 1. The molecule has 0 heteroatoms. The van der Waals surface area contributed by atoms with Gasteiger partial charge in [-0.2, -0.15) is 12.1 Å². The lowest BCUT2D eigenvalue weighted by atomic mass is 10.0. The molecule has 0 aliphatic heterocycles. The Balaban J connectivity index is 1.84. The van der Waals surface area contributed by atoms with Crippen molar-refractivity contribution in [3.8, 4) is 0 Å². The minimum Gasteiger partial charge on any atom is -0.174 e. The molecule has 0 spiro atoms. The Morgan fingerprint density at radius 1 is 0.864 bits per heavy atom. The molecule has 108 valence electrons. The lowest BCUT2D eigenvalue weighted by Crippen LogP contribution is -1.84. The minimum absolute atomic E-state index is 0.413. The summed E-state index contributed by atoms with van der Waals surface area (Å²) >= 11 is 0. The summed E-state index contributed by atoms with van der Waals surface area (Å²) in [5.74, 6) is 0.413. The van der Waals surface area contributed by atoms with Gasteiger partial charge < -0.3 is 0 Å². The SMILES string of the molecule is C=Cc1cc(C=C[c-]2cccc2)cc(C=CC2C=CC=C2)c1. The normalized spacial score (nSPS) is 14.5. The van der Waals surface area contributed by atoms with Crippen LogP contribution in [0.1, 0.15) is 22.3 Å². The van der Waals surface area contributed by atoms with Crippen LogP contribution in [0.25, 0.3) is 24.3 Å². The van der Waals surface area contributed by atoms with Crippen LogP contribution in [-0.4, -0.2) is 0 Å². The van der Waals surface area contributed by atoms with Gasteiger partial charge in [0, 0.05) is 5.92 Å². The van der Waals surface area contributed by atoms with Crippen molar-refractivity contribution >= 4 is 24.3 Å². The molecule has 22 heavy (non-hydrogen) atoms. The summed E-state index contributed by atoms with van der Waals surface area (Å²) in [6.45, 7) is 3.89. The maximum atomic E-state index is 3.89. The van der Waals surface area contributed by atoms with Gasteiger partial charge >= 0.3 is 0 Å². The average molecular weight is 283 g/mol. The lowest BCUT2D eigenvalue weighted by molar-refractivity contribution is 1.10. The summed E-state index contributed by atoms with van der Waals surface area (Å²) in [7, 11) is 0. The fourth-order valence-corrected chi connectivity index (χ4v) is 2.50. The average Bonchev–Trinajstić information content (AvgIpc) is 3.24. The van der Waals surface area contributed by atoms with Crippen LogP contribution in [-0.2, 0) is 0 Å². The largest absolute Gasteiger partial charge is 0.174 e. The first kappa shape index (κ1) is 14.2. The van der Waals surface area contributed by atoms with Gasteiger partial charge in [-0.3, -0.25) is 0 Å². The molecule has 3 rings (SSSR count). The summed E-state index contributed by atoms with van der Waals surface area (Å²) < 4.78 is 0. The molecule has 0 atom stereocenters. The van der Waals surface area contributed by atoms with Crippen molar-refractivity contribution in [1.82, 2.24) is 0 Å². The topological polar surface area (TPSA) is 0 Å². The minimum atomic E-state index is 0.413. The highest BCUT2D eigenvalue weighted by Crippen LogP contribution is 2.18. The van der Waals surface area contributed by atoms with Crippen molar-refractivity contribution in [3.05, 3.63) is 102 Å². The molecule has 0 heterocycles. The summed E-state index contributed by atoms with van der Waals surface area (Å²) in [4.78, 5) is 0. The van der Waals surface area contributed by atoms with Gasteiger partial charge in [-0.1, -0.05) is 66.8 Å². The van der Waals surface area contributed by atoms with Gasteiger partial charge in [0.2, 0.25) is 0 Å². The van der Waals surface area contributed by atoms with Crippen LogP contribution in [0, 0.1) is 5.92 Å². The molecule has 0 N–H and O–H groups in total. The van der Waals surface area contributed by atoms with Gasteiger partial charge in [-0.05, 0) is 17.2 Å². The monoisotopic (exact) mass is 283 g/mol. The Morgan fingerprint density at radius 3 is 2.18 bits per heavy atom. The van der Waals surface area contributed by atoms with E-state index in [1.54, 1.807) is 0 Å². The maximum absolute atomic E-state index is 3.89. The third-order valence-electron chi connectivity index (χ3n) is 3.68. The van der Waals surface area contributed by atoms with Crippen LogP contribution < -0.4 is 0 Å². The predicted octanol–water partition coefficient (Wildman–Crippen LogP) is 5.97. The molecule has 0 saturated heterocycles. The van der Waals surface area contributed by atoms with Crippen molar-refractivity contribution in [2.24, 2.45) is 5.92 Å². The third-order valence-corrected chi connectivity index (χ3v) is 3.68. The second-order valence-electron chi connectivity index (χ2n) is 5.39. The van der Waals surface area contributed by atoms with Gasteiger partial charge in [0.15, 0.2) is 0 Å². The van der Waals surface area contributed by atoms with E-state index >= 15 is 0 Å². The second kappa shape index (κ2) is 6.82. The molecule has 2 aromatic rings. The molecule has 0 fully saturated rings. The van der Waals surface area contributed by atoms with Crippen molar-refractivity contribution in [3.63, 3.8) is 0 Å². The Labute approximate surface area is 132 Å². The zero-order chi connectivity index (χ0) is 15.2. The van der Waals surface area contributed by atoms with E-state index in [9.17, 15) is 0 Å². The molecule has 0 bridgehead atoms. The number of rotatable bonds is 5. The van der Waals surface area contributed by atoms with Gasteiger partial charge in [0.25, 0.3) is 0 Å². The second-order valence-corrected chi connectivity index (χ2v) is 5.39. The van der Waals surface area contributed by atoms with Crippen molar-refractivity contribution in [1.29, 1.82) is 0 Å².